The second-order valence-corrected chi connectivity index (χ2v) is 4.08. The van der Waals surface area contributed by atoms with Crippen LogP contribution >= 0.6 is 0 Å². The molecule has 2 saturated heterocycles. The van der Waals surface area contributed by atoms with E-state index in [2.05, 4.69) is 0 Å². The minimum atomic E-state index is -0.356. The maximum absolute atomic E-state index is 9.71. The number of hydrogen-bond acceptors (Lipinski definition) is 4. The quantitative estimate of drug-likeness (QED) is 0.603. The minimum Gasteiger partial charge on any atom is -0.390 e. The lowest BCUT2D eigenvalue weighted by Gasteiger charge is -2.33. The van der Waals surface area contributed by atoms with Crippen LogP contribution in [0.2, 0.25) is 0 Å². The van der Waals surface area contributed by atoms with E-state index in [4.69, 9.17) is 15.2 Å². The zero-order valence-electron chi connectivity index (χ0n) is 7.74. The van der Waals surface area contributed by atoms with E-state index >= 15 is 0 Å². The summed E-state index contributed by atoms with van der Waals surface area (Å²) in [5.74, 6) is 0.167. The zero-order chi connectivity index (χ0) is 9.31. The molecule has 2 heterocycles. The van der Waals surface area contributed by atoms with E-state index in [-0.39, 0.29) is 17.4 Å². The lowest BCUT2D eigenvalue weighted by atomic mass is 9.73. The van der Waals surface area contributed by atoms with E-state index in [0.29, 0.717) is 26.4 Å². The fourth-order valence-corrected chi connectivity index (χ4v) is 2.36. The maximum Gasteiger partial charge on any atom is 0.0830 e. The number of aliphatic hydroxyl groups excluding tert-OH is 1. The standard InChI is InChI=1S/C9H17NO3/c10-5-9(1-2-12-6-9)7-3-13-4-8(7)11/h7-8,11H,1-6,10H2. The molecule has 0 spiro atoms. The zero-order valence-corrected chi connectivity index (χ0v) is 7.74. The monoisotopic (exact) mass is 187 g/mol. The van der Waals surface area contributed by atoms with Crippen molar-refractivity contribution < 1.29 is 14.6 Å². The fraction of sp³-hybridized carbons (Fsp3) is 1.00. The molecule has 13 heavy (non-hydrogen) atoms. The first-order valence-electron chi connectivity index (χ1n) is 4.82. The van der Waals surface area contributed by atoms with E-state index in [0.717, 1.165) is 13.0 Å². The van der Waals surface area contributed by atoms with Crippen LogP contribution in [0.4, 0.5) is 0 Å². The van der Waals surface area contributed by atoms with Gasteiger partial charge in [0, 0.05) is 24.5 Å². The normalized spacial score (nSPS) is 45.7. The molecule has 2 fully saturated rings. The number of rotatable bonds is 2. The second kappa shape index (κ2) is 3.53. The molecule has 0 aromatic rings. The van der Waals surface area contributed by atoms with Crippen LogP contribution in [0, 0.1) is 11.3 Å². The Hall–Kier alpha value is -0.160. The van der Waals surface area contributed by atoms with Crippen LogP contribution in [-0.2, 0) is 9.47 Å². The van der Waals surface area contributed by atoms with Gasteiger partial charge in [0.05, 0.1) is 25.9 Å². The molecule has 0 aromatic carbocycles. The third-order valence-electron chi connectivity index (χ3n) is 3.38. The second-order valence-electron chi connectivity index (χ2n) is 4.08. The molecule has 0 radical (unpaired) electrons. The minimum absolute atomic E-state index is 0.0318. The van der Waals surface area contributed by atoms with Crippen molar-refractivity contribution >= 4 is 0 Å². The summed E-state index contributed by atoms with van der Waals surface area (Å²) in [7, 11) is 0. The molecule has 0 aromatic heterocycles. The first-order valence-corrected chi connectivity index (χ1v) is 4.82. The lowest BCUT2D eigenvalue weighted by molar-refractivity contribution is 0.0438. The highest BCUT2D eigenvalue weighted by Crippen LogP contribution is 2.40. The van der Waals surface area contributed by atoms with Crippen LogP contribution in [0.3, 0.4) is 0 Å². The SMILES string of the molecule is NCC1(C2COCC2O)CCOC1. The van der Waals surface area contributed by atoms with Gasteiger partial charge in [-0.05, 0) is 6.42 Å². The van der Waals surface area contributed by atoms with Gasteiger partial charge in [-0.2, -0.15) is 0 Å². The summed E-state index contributed by atoms with van der Waals surface area (Å²) in [4.78, 5) is 0. The highest BCUT2D eigenvalue weighted by Gasteiger charge is 2.46. The van der Waals surface area contributed by atoms with Crippen molar-refractivity contribution in [3.05, 3.63) is 0 Å². The van der Waals surface area contributed by atoms with Crippen molar-refractivity contribution in [3.8, 4) is 0 Å². The Kier molecular flexibility index (Phi) is 2.55. The number of aliphatic hydroxyl groups is 1. The summed E-state index contributed by atoms with van der Waals surface area (Å²) < 4.78 is 10.6. The molecule has 2 aliphatic rings. The molecule has 3 N–H and O–H groups in total. The van der Waals surface area contributed by atoms with Crippen LogP contribution in [-0.4, -0.2) is 44.2 Å². The first kappa shape index (κ1) is 9.40. The molecule has 0 bridgehead atoms. The third kappa shape index (κ3) is 1.48. The Morgan fingerprint density at radius 2 is 2.23 bits per heavy atom. The van der Waals surface area contributed by atoms with Gasteiger partial charge >= 0.3 is 0 Å². The van der Waals surface area contributed by atoms with Crippen LogP contribution < -0.4 is 5.73 Å². The van der Waals surface area contributed by atoms with E-state index in [1.165, 1.54) is 0 Å². The summed E-state index contributed by atoms with van der Waals surface area (Å²) in [5, 5.41) is 9.71. The van der Waals surface area contributed by atoms with E-state index < -0.39 is 0 Å². The van der Waals surface area contributed by atoms with Crippen LogP contribution in [0.15, 0.2) is 0 Å². The molecule has 4 nitrogen and oxygen atoms in total. The Morgan fingerprint density at radius 3 is 2.69 bits per heavy atom. The van der Waals surface area contributed by atoms with E-state index in [1.807, 2.05) is 0 Å². The van der Waals surface area contributed by atoms with Gasteiger partial charge in [0.2, 0.25) is 0 Å². The number of hydrogen-bond donors (Lipinski definition) is 2. The number of ether oxygens (including phenoxy) is 2. The van der Waals surface area contributed by atoms with Crippen molar-refractivity contribution in [3.63, 3.8) is 0 Å². The third-order valence-corrected chi connectivity index (χ3v) is 3.38. The first-order chi connectivity index (χ1) is 6.28. The number of nitrogens with two attached hydrogens (primary N) is 1. The summed E-state index contributed by atoms with van der Waals surface area (Å²) in [6, 6.07) is 0. The van der Waals surface area contributed by atoms with Gasteiger partial charge in [0.25, 0.3) is 0 Å². The smallest absolute Gasteiger partial charge is 0.0830 e. The van der Waals surface area contributed by atoms with Crippen molar-refractivity contribution in [1.29, 1.82) is 0 Å². The fourth-order valence-electron chi connectivity index (χ4n) is 2.36. The Morgan fingerprint density at radius 1 is 1.38 bits per heavy atom. The predicted molar refractivity (Wildman–Crippen MR) is 47.2 cm³/mol. The van der Waals surface area contributed by atoms with E-state index in [9.17, 15) is 5.11 Å². The van der Waals surface area contributed by atoms with Gasteiger partial charge in [0.15, 0.2) is 0 Å². The van der Waals surface area contributed by atoms with Crippen LogP contribution in [0.25, 0.3) is 0 Å². The molecule has 0 aliphatic carbocycles. The van der Waals surface area contributed by atoms with Crippen LogP contribution in [0.1, 0.15) is 6.42 Å². The predicted octanol–water partition coefficient (Wildman–Crippen LogP) is -0.641. The molecular formula is C9H17NO3. The largest absolute Gasteiger partial charge is 0.390 e. The highest BCUT2D eigenvalue weighted by molar-refractivity contribution is 4.95. The summed E-state index contributed by atoms with van der Waals surface area (Å²) in [6.07, 6.45) is 0.597. The van der Waals surface area contributed by atoms with Gasteiger partial charge < -0.3 is 20.3 Å². The van der Waals surface area contributed by atoms with Crippen molar-refractivity contribution in [1.82, 2.24) is 0 Å². The molecule has 4 heteroatoms. The molecule has 2 rings (SSSR count). The van der Waals surface area contributed by atoms with Gasteiger partial charge in [-0.25, -0.2) is 0 Å². The van der Waals surface area contributed by atoms with Crippen molar-refractivity contribution in [2.24, 2.45) is 17.1 Å². The molecule has 0 saturated carbocycles. The Labute approximate surface area is 78.0 Å². The maximum atomic E-state index is 9.71. The van der Waals surface area contributed by atoms with Crippen molar-refractivity contribution in [2.75, 3.05) is 33.0 Å². The highest BCUT2D eigenvalue weighted by atomic mass is 16.5. The summed E-state index contributed by atoms with van der Waals surface area (Å²) in [6.45, 7) is 3.10. The summed E-state index contributed by atoms with van der Waals surface area (Å²) in [5.41, 5.74) is 5.73. The summed E-state index contributed by atoms with van der Waals surface area (Å²) >= 11 is 0. The lowest BCUT2D eigenvalue weighted by Crippen LogP contribution is -2.43. The van der Waals surface area contributed by atoms with E-state index in [1.54, 1.807) is 0 Å². The van der Waals surface area contributed by atoms with Gasteiger partial charge in [-0.15, -0.1) is 0 Å². The average Bonchev–Trinajstić information content (AvgIpc) is 2.73. The Bertz CT molecular complexity index is 180. The molecule has 3 atom stereocenters. The molecule has 76 valence electrons. The molecule has 3 unspecified atom stereocenters. The molecule has 2 aliphatic heterocycles. The topological polar surface area (TPSA) is 64.7 Å². The van der Waals surface area contributed by atoms with Crippen molar-refractivity contribution in [2.45, 2.75) is 12.5 Å². The van der Waals surface area contributed by atoms with Gasteiger partial charge in [0.1, 0.15) is 0 Å². The molecule has 0 amide bonds. The van der Waals surface area contributed by atoms with Crippen LogP contribution in [0.5, 0.6) is 0 Å². The Balaban J connectivity index is 2.10. The van der Waals surface area contributed by atoms with Gasteiger partial charge in [-0.3, -0.25) is 0 Å². The average molecular weight is 187 g/mol. The van der Waals surface area contributed by atoms with Gasteiger partial charge in [-0.1, -0.05) is 0 Å². The molecular weight excluding hydrogens is 170 g/mol.